The zero-order chi connectivity index (χ0) is 19.5. The minimum atomic E-state index is -0.486. The van der Waals surface area contributed by atoms with E-state index >= 15 is 0 Å². The van der Waals surface area contributed by atoms with Crippen molar-refractivity contribution in [2.24, 2.45) is 0 Å². The maximum Gasteiger partial charge on any atom is 0.520 e. The first-order chi connectivity index (χ1) is 12.4. The number of carbonyl (C=O) groups is 2. The number of ether oxygens (including phenoxy) is 2. The lowest BCUT2D eigenvalue weighted by Gasteiger charge is -2.23. The topological polar surface area (TPSA) is 64.6 Å². The number of anilines is 1. The normalized spacial score (nSPS) is 9.42. The minimum absolute atomic E-state index is 0.116. The number of esters is 2. The number of hydrogen-bond acceptors (Lipinski definition) is 5. The molecule has 0 unspecified atom stereocenters. The Morgan fingerprint density at radius 1 is 1.12 bits per heavy atom. The highest BCUT2D eigenvalue weighted by atomic mass is 35.5. The van der Waals surface area contributed by atoms with E-state index in [2.05, 4.69) is 9.69 Å². The maximum atomic E-state index is 11.8. The SMILES string of the molecule is [C-]#[N+]C(=Cc1ccc(N(CC(=O)OCC)CC(=O)OCC)cc1Cl)[N+]#[C-]. The van der Waals surface area contributed by atoms with Gasteiger partial charge in [0.2, 0.25) is 0 Å². The first-order valence-corrected chi connectivity index (χ1v) is 8.15. The van der Waals surface area contributed by atoms with E-state index in [4.69, 9.17) is 34.2 Å². The molecule has 0 aliphatic carbocycles. The minimum Gasteiger partial charge on any atom is -0.465 e. The van der Waals surface area contributed by atoms with E-state index < -0.39 is 11.9 Å². The molecule has 0 aliphatic heterocycles. The third-order valence-corrected chi connectivity index (χ3v) is 3.44. The van der Waals surface area contributed by atoms with E-state index in [1.807, 2.05) is 0 Å². The quantitative estimate of drug-likeness (QED) is 0.514. The molecule has 1 aromatic rings. The van der Waals surface area contributed by atoms with Gasteiger partial charge in [0, 0.05) is 16.8 Å². The van der Waals surface area contributed by atoms with Crippen molar-refractivity contribution in [3.63, 3.8) is 0 Å². The van der Waals surface area contributed by atoms with Gasteiger partial charge in [0.25, 0.3) is 0 Å². The Morgan fingerprint density at radius 2 is 1.65 bits per heavy atom. The molecule has 0 atom stereocenters. The molecule has 0 aliphatic rings. The fourth-order valence-electron chi connectivity index (χ4n) is 2.02. The molecule has 0 aromatic heterocycles. The van der Waals surface area contributed by atoms with Crippen LogP contribution in [0.5, 0.6) is 0 Å². The number of halogens is 1. The van der Waals surface area contributed by atoms with Crippen LogP contribution in [-0.4, -0.2) is 38.2 Å². The highest BCUT2D eigenvalue weighted by Gasteiger charge is 2.18. The fraction of sp³-hybridized carbons (Fsp3) is 0.333. The Hall–Kier alpha value is -3.03. The van der Waals surface area contributed by atoms with Crippen LogP contribution in [0.3, 0.4) is 0 Å². The van der Waals surface area contributed by atoms with Gasteiger partial charge >= 0.3 is 17.8 Å². The molecule has 0 saturated heterocycles. The lowest BCUT2D eigenvalue weighted by Crippen LogP contribution is -2.36. The summed E-state index contributed by atoms with van der Waals surface area (Å²) < 4.78 is 9.86. The Morgan fingerprint density at radius 3 is 2.08 bits per heavy atom. The molecule has 0 amide bonds. The second-order valence-corrected chi connectivity index (χ2v) is 5.31. The van der Waals surface area contributed by atoms with E-state index in [0.717, 1.165) is 0 Å². The molecule has 26 heavy (non-hydrogen) atoms. The first kappa shape index (κ1) is 21.0. The number of nitrogens with zero attached hydrogens (tertiary/aromatic N) is 3. The van der Waals surface area contributed by atoms with Crippen LogP contribution in [0.25, 0.3) is 15.8 Å². The third-order valence-electron chi connectivity index (χ3n) is 3.11. The predicted molar refractivity (Wildman–Crippen MR) is 98.1 cm³/mol. The molecule has 136 valence electrons. The van der Waals surface area contributed by atoms with Gasteiger partial charge in [-0.2, -0.15) is 9.69 Å². The molecule has 1 rings (SSSR count). The van der Waals surface area contributed by atoms with E-state index in [-0.39, 0.29) is 37.1 Å². The molecule has 0 bridgehead atoms. The smallest absolute Gasteiger partial charge is 0.465 e. The summed E-state index contributed by atoms with van der Waals surface area (Å²) >= 11 is 6.22. The molecule has 0 heterocycles. The molecule has 0 fully saturated rings. The van der Waals surface area contributed by atoms with Crippen LogP contribution in [0.2, 0.25) is 5.02 Å². The maximum absolute atomic E-state index is 11.8. The third kappa shape index (κ3) is 6.46. The van der Waals surface area contributed by atoms with Crippen molar-refractivity contribution < 1.29 is 19.1 Å². The van der Waals surface area contributed by atoms with Crippen LogP contribution in [0.1, 0.15) is 19.4 Å². The molecule has 0 spiro atoms. The summed E-state index contributed by atoms with van der Waals surface area (Å²) in [5.74, 6) is -1.09. The fourth-order valence-corrected chi connectivity index (χ4v) is 2.25. The molecular weight excluding hydrogens is 358 g/mol. The molecule has 0 radical (unpaired) electrons. The number of rotatable bonds is 8. The summed E-state index contributed by atoms with van der Waals surface area (Å²) in [4.78, 5) is 31.3. The van der Waals surface area contributed by atoms with E-state index in [9.17, 15) is 9.59 Å². The largest absolute Gasteiger partial charge is 0.520 e. The van der Waals surface area contributed by atoms with Crippen LogP contribution in [0.4, 0.5) is 5.69 Å². The van der Waals surface area contributed by atoms with Gasteiger partial charge in [0.05, 0.1) is 13.2 Å². The van der Waals surface area contributed by atoms with Crippen molar-refractivity contribution in [2.75, 3.05) is 31.2 Å². The second kappa shape index (κ2) is 10.8. The Kier molecular flexibility index (Phi) is 8.69. The van der Waals surface area contributed by atoms with Crippen molar-refractivity contribution in [2.45, 2.75) is 13.8 Å². The van der Waals surface area contributed by atoms with Gasteiger partial charge in [-0.1, -0.05) is 17.7 Å². The molecule has 0 N–H and O–H groups in total. The molecule has 1 aromatic carbocycles. The summed E-state index contributed by atoms with van der Waals surface area (Å²) in [6, 6.07) is 4.80. The average Bonchev–Trinajstić information content (AvgIpc) is 2.60. The van der Waals surface area contributed by atoms with E-state index in [1.54, 1.807) is 32.0 Å². The summed E-state index contributed by atoms with van der Waals surface area (Å²) in [7, 11) is 0. The highest BCUT2D eigenvalue weighted by Crippen LogP contribution is 2.26. The number of hydrogen-bond donors (Lipinski definition) is 0. The standard InChI is InChI=1S/C18H18ClN3O4/c1-5-25-17(23)11-22(12-18(24)26-6-2)14-8-7-13(15(19)10-14)9-16(20-3)21-4/h7-10H,5-6,11-12H2,1-2H3. The Labute approximate surface area is 157 Å². The van der Waals surface area contributed by atoms with Gasteiger partial charge in [-0.25, -0.2) is 0 Å². The van der Waals surface area contributed by atoms with Crippen LogP contribution in [0.15, 0.2) is 24.0 Å². The highest BCUT2D eigenvalue weighted by molar-refractivity contribution is 6.32. The van der Waals surface area contributed by atoms with Crippen molar-refractivity contribution in [1.29, 1.82) is 0 Å². The van der Waals surface area contributed by atoms with Crippen LogP contribution >= 0.6 is 11.6 Å². The van der Waals surface area contributed by atoms with Gasteiger partial charge in [0.15, 0.2) is 0 Å². The van der Waals surface area contributed by atoms with E-state index in [0.29, 0.717) is 11.3 Å². The van der Waals surface area contributed by atoms with Crippen molar-refractivity contribution >= 4 is 35.3 Å². The monoisotopic (exact) mass is 375 g/mol. The average molecular weight is 376 g/mol. The van der Waals surface area contributed by atoms with Gasteiger partial charge in [-0.05, 0) is 31.5 Å². The van der Waals surface area contributed by atoms with Gasteiger partial charge in [-0.3, -0.25) is 9.59 Å². The van der Waals surface area contributed by atoms with E-state index in [1.165, 1.54) is 11.0 Å². The lowest BCUT2D eigenvalue weighted by atomic mass is 10.1. The van der Waals surface area contributed by atoms with Crippen molar-refractivity contribution in [1.82, 2.24) is 0 Å². The van der Waals surface area contributed by atoms with Gasteiger partial charge < -0.3 is 14.4 Å². The molecular formula is C18H18ClN3O4. The summed E-state index contributed by atoms with van der Waals surface area (Å²) in [5, 5.41) is 0.282. The second-order valence-electron chi connectivity index (χ2n) is 4.90. The number of benzene rings is 1. The summed E-state index contributed by atoms with van der Waals surface area (Å²) in [5.41, 5.74) is 1.00. The van der Waals surface area contributed by atoms with Crippen LogP contribution in [-0.2, 0) is 19.1 Å². The van der Waals surface area contributed by atoms with Crippen molar-refractivity contribution in [3.05, 3.63) is 57.4 Å². The molecule has 0 saturated carbocycles. The van der Waals surface area contributed by atoms with Crippen LogP contribution < -0.4 is 4.90 Å². The molecule has 8 heteroatoms. The Bertz CT molecular complexity index is 742. The summed E-state index contributed by atoms with van der Waals surface area (Å²) in [6.45, 7) is 17.4. The molecule has 7 nitrogen and oxygen atoms in total. The predicted octanol–water partition coefficient (Wildman–Crippen LogP) is 3.41. The summed E-state index contributed by atoms with van der Waals surface area (Å²) in [6.07, 6.45) is 1.37. The zero-order valence-corrected chi connectivity index (χ0v) is 15.2. The first-order valence-electron chi connectivity index (χ1n) is 7.77. The van der Waals surface area contributed by atoms with Gasteiger partial charge in [-0.15, -0.1) is 0 Å². The Balaban J connectivity index is 3.13. The van der Waals surface area contributed by atoms with Gasteiger partial charge in [0.1, 0.15) is 26.2 Å². The van der Waals surface area contributed by atoms with Crippen molar-refractivity contribution in [3.8, 4) is 0 Å². The zero-order valence-electron chi connectivity index (χ0n) is 14.5. The van der Waals surface area contributed by atoms with Crippen LogP contribution in [0, 0.1) is 13.1 Å². The lowest BCUT2D eigenvalue weighted by molar-refractivity contribution is -0.142. The number of carbonyl (C=O) groups excluding carboxylic acids is 2.